The van der Waals surface area contributed by atoms with Gasteiger partial charge in [-0.15, -0.1) is 0 Å². The van der Waals surface area contributed by atoms with Crippen LogP contribution in [0.3, 0.4) is 0 Å². The van der Waals surface area contributed by atoms with Gasteiger partial charge < -0.3 is 9.84 Å². The number of benzene rings is 1. The molecule has 1 N–H and O–H groups in total. The summed E-state index contributed by atoms with van der Waals surface area (Å²) in [6.07, 6.45) is 3.60. The van der Waals surface area contributed by atoms with Crippen LogP contribution in [-0.2, 0) is 6.61 Å². The summed E-state index contributed by atoms with van der Waals surface area (Å²) in [5.74, 6) is 6.21. The Morgan fingerprint density at radius 2 is 2.11 bits per heavy atom. The number of hydrogen-bond acceptors (Lipinski definition) is 3. The number of aryl methyl sites for hydroxylation is 1. The van der Waals surface area contributed by atoms with Crippen molar-refractivity contribution in [2.24, 2.45) is 0 Å². The Bertz CT molecular complexity index is 611. The Kier molecular flexibility index (Phi) is 4.54. The van der Waals surface area contributed by atoms with Crippen LogP contribution in [0.4, 0.5) is 0 Å². The van der Waals surface area contributed by atoms with Gasteiger partial charge in [-0.25, -0.2) is 0 Å². The molecule has 3 nitrogen and oxygen atoms in total. The average molecular weight is 253 g/mol. The maximum Gasteiger partial charge on any atom is 0.135 e. The number of para-hydroxylation sites is 1. The zero-order chi connectivity index (χ0) is 13.5. The van der Waals surface area contributed by atoms with Gasteiger partial charge in [-0.3, -0.25) is 4.98 Å². The number of rotatable bonds is 3. The highest BCUT2D eigenvalue weighted by Crippen LogP contribution is 2.18. The SMILES string of the molecule is Cc1cncc(COc2ccccc2C#CCO)c1. The maximum absolute atomic E-state index is 8.73. The quantitative estimate of drug-likeness (QED) is 0.854. The molecule has 0 saturated heterocycles. The van der Waals surface area contributed by atoms with Gasteiger partial charge in [0.1, 0.15) is 19.0 Å². The molecular formula is C16H15NO2. The van der Waals surface area contributed by atoms with E-state index < -0.39 is 0 Å². The number of nitrogens with zero attached hydrogens (tertiary/aromatic N) is 1. The molecule has 1 aromatic carbocycles. The molecule has 2 aromatic rings. The lowest BCUT2D eigenvalue weighted by Gasteiger charge is -2.08. The van der Waals surface area contributed by atoms with E-state index in [1.807, 2.05) is 43.5 Å². The summed E-state index contributed by atoms with van der Waals surface area (Å²) in [5, 5.41) is 8.73. The number of aliphatic hydroxyl groups is 1. The molecule has 0 aliphatic heterocycles. The van der Waals surface area contributed by atoms with Gasteiger partial charge in [0.2, 0.25) is 0 Å². The lowest BCUT2D eigenvalue weighted by atomic mass is 10.2. The van der Waals surface area contributed by atoms with Gasteiger partial charge in [0.05, 0.1) is 5.56 Å². The molecule has 0 aliphatic carbocycles. The molecule has 19 heavy (non-hydrogen) atoms. The Morgan fingerprint density at radius 1 is 1.26 bits per heavy atom. The third-order valence-electron chi connectivity index (χ3n) is 2.52. The molecule has 0 spiro atoms. The van der Waals surface area contributed by atoms with Crippen LogP contribution in [0.5, 0.6) is 5.75 Å². The topological polar surface area (TPSA) is 42.4 Å². The van der Waals surface area contributed by atoms with Crippen molar-refractivity contribution < 1.29 is 9.84 Å². The summed E-state index contributed by atoms with van der Waals surface area (Å²) < 4.78 is 5.75. The maximum atomic E-state index is 8.73. The fraction of sp³-hybridized carbons (Fsp3) is 0.188. The minimum atomic E-state index is -0.157. The van der Waals surface area contributed by atoms with Crippen molar-refractivity contribution in [2.75, 3.05) is 6.61 Å². The first-order chi connectivity index (χ1) is 9.29. The molecule has 2 rings (SSSR count). The smallest absolute Gasteiger partial charge is 0.135 e. The van der Waals surface area contributed by atoms with Gasteiger partial charge >= 0.3 is 0 Å². The highest BCUT2D eigenvalue weighted by atomic mass is 16.5. The molecule has 0 bridgehead atoms. The highest BCUT2D eigenvalue weighted by Gasteiger charge is 2.01. The molecule has 0 unspecified atom stereocenters. The fourth-order valence-electron chi connectivity index (χ4n) is 1.69. The second-order valence-electron chi connectivity index (χ2n) is 4.12. The second-order valence-corrected chi connectivity index (χ2v) is 4.12. The third-order valence-corrected chi connectivity index (χ3v) is 2.52. The van der Waals surface area contributed by atoms with Gasteiger partial charge in [0, 0.05) is 18.0 Å². The van der Waals surface area contributed by atoms with E-state index in [4.69, 9.17) is 9.84 Å². The van der Waals surface area contributed by atoms with E-state index in [-0.39, 0.29) is 6.61 Å². The highest BCUT2D eigenvalue weighted by molar-refractivity contribution is 5.46. The van der Waals surface area contributed by atoms with Gasteiger partial charge in [-0.1, -0.05) is 24.0 Å². The van der Waals surface area contributed by atoms with Crippen LogP contribution in [0.2, 0.25) is 0 Å². The average Bonchev–Trinajstić information content (AvgIpc) is 2.44. The number of ether oxygens (including phenoxy) is 1. The lowest BCUT2D eigenvalue weighted by Crippen LogP contribution is -1.98. The minimum Gasteiger partial charge on any atom is -0.488 e. The normalized spacial score (nSPS) is 9.58. The van der Waals surface area contributed by atoms with Crippen LogP contribution >= 0.6 is 0 Å². The minimum absolute atomic E-state index is 0.157. The van der Waals surface area contributed by atoms with Crippen molar-refractivity contribution in [3.63, 3.8) is 0 Å². The van der Waals surface area contributed by atoms with Crippen molar-refractivity contribution >= 4 is 0 Å². The van der Waals surface area contributed by atoms with Crippen LogP contribution in [0.15, 0.2) is 42.7 Å². The molecule has 0 amide bonds. The van der Waals surface area contributed by atoms with Crippen LogP contribution < -0.4 is 4.74 Å². The Labute approximate surface area is 112 Å². The van der Waals surface area contributed by atoms with Crippen LogP contribution in [0, 0.1) is 18.8 Å². The summed E-state index contributed by atoms with van der Waals surface area (Å²) in [6, 6.07) is 9.56. The number of aliphatic hydroxyl groups excluding tert-OH is 1. The van der Waals surface area contributed by atoms with Crippen molar-refractivity contribution in [2.45, 2.75) is 13.5 Å². The summed E-state index contributed by atoms with van der Waals surface area (Å²) in [5.41, 5.74) is 2.90. The largest absolute Gasteiger partial charge is 0.488 e. The van der Waals surface area contributed by atoms with E-state index in [0.717, 1.165) is 16.7 Å². The molecule has 1 aromatic heterocycles. The third kappa shape index (κ3) is 3.84. The molecule has 0 aliphatic rings. The molecule has 0 radical (unpaired) electrons. The lowest BCUT2D eigenvalue weighted by molar-refractivity contribution is 0.305. The van der Waals surface area contributed by atoms with Crippen LogP contribution in [-0.4, -0.2) is 16.7 Å². The van der Waals surface area contributed by atoms with Gasteiger partial charge in [0.25, 0.3) is 0 Å². The Hall–Kier alpha value is -2.31. The van der Waals surface area contributed by atoms with E-state index in [2.05, 4.69) is 16.8 Å². The number of pyridine rings is 1. The molecule has 0 atom stereocenters. The predicted octanol–water partition coefficient (Wildman–Crippen LogP) is 2.31. The second kappa shape index (κ2) is 6.58. The molecular weight excluding hydrogens is 238 g/mol. The zero-order valence-corrected chi connectivity index (χ0v) is 10.8. The monoisotopic (exact) mass is 253 g/mol. The molecule has 0 saturated carbocycles. The fourth-order valence-corrected chi connectivity index (χ4v) is 1.69. The van der Waals surface area contributed by atoms with Crippen molar-refractivity contribution in [3.8, 4) is 17.6 Å². The molecule has 96 valence electrons. The summed E-state index contributed by atoms with van der Waals surface area (Å²) in [4.78, 5) is 4.13. The Balaban J connectivity index is 2.11. The van der Waals surface area contributed by atoms with E-state index in [9.17, 15) is 0 Å². The number of hydrogen-bond donors (Lipinski definition) is 1. The zero-order valence-electron chi connectivity index (χ0n) is 10.8. The standard InChI is InChI=1S/C16H15NO2/c1-13-9-14(11-17-10-13)12-19-16-7-3-2-5-15(16)6-4-8-18/h2-3,5,7,9-11,18H,8,12H2,1H3. The first kappa shape index (κ1) is 13.1. The Morgan fingerprint density at radius 3 is 2.89 bits per heavy atom. The van der Waals surface area contributed by atoms with Gasteiger partial charge in [0.15, 0.2) is 0 Å². The first-order valence-corrected chi connectivity index (χ1v) is 6.01. The van der Waals surface area contributed by atoms with E-state index in [1.54, 1.807) is 6.20 Å². The molecule has 1 heterocycles. The van der Waals surface area contributed by atoms with E-state index in [1.165, 1.54) is 0 Å². The van der Waals surface area contributed by atoms with Gasteiger partial charge in [-0.2, -0.15) is 0 Å². The van der Waals surface area contributed by atoms with Gasteiger partial charge in [-0.05, 0) is 30.7 Å². The van der Waals surface area contributed by atoms with Crippen LogP contribution in [0.25, 0.3) is 0 Å². The van der Waals surface area contributed by atoms with E-state index >= 15 is 0 Å². The summed E-state index contributed by atoms with van der Waals surface area (Å²) in [6.45, 7) is 2.29. The molecule has 0 fully saturated rings. The first-order valence-electron chi connectivity index (χ1n) is 6.01. The van der Waals surface area contributed by atoms with Crippen molar-refractivity contribution in [1.29, 1.82) is 0 Å². The summed E-state index contributed by atoms with van der Waals surface area (Å²) >= 11 is 0. The number of aromatic nitrogens is 1. The van der Waals surface area contributed by atoms with Crippen molar-refractivity contribution in [1.82, 2.24) is 4.98 Å². The van der Waals surface area contributed by atoms with E-state index in [0.29, 0.717) is 12.4 Å². The van der Waals surface area contributed by atoms with Crippen molar-refractivity contribution in [3.05, 3.63) is 59.4 Å². The molecule has 3 heteroatoms. The van der Waals surface area contributed by atoms with Crippen LogP contribution in [0.1, 0.15) is 16.7 Å². The summed E-state index contributed by atoms with van der Waals surface area (Å²) in [7, 11) is 0. The predicted molar refractivity (Wildman–Crippen MR) is 73.7 cm³/mol.